The second kappa shape index (κ2) is 12.7. The molecular weight excluding hydrogens is 570 g/mol. The van der Waals surface area contributed by atoms with Gasteiger partial charge >= 0.3 is 0 Å². The number of nitrogens with one attached hydrogen (secondary N) is 1. The van der Waals surface area contributed by atoms with Crippen molar-refractivity contribution in [2.45, 2.75) is 25.7 Å². The average molecular weight is 601 g/mol. The molecule has 0 radical (unpaired) electrons. The topological polar surface area (TPSA) is 97.3 Å². The minimum atomic E-state index is -4.03. The van der Waals surface area contributed by atoms with E-state index in [4.69, 9.17) is 9.47 Å². The minimum Gasteiger partial charge on any atom is -0.493 e. The molecule has 0 aliphatic heterocycles. The van der Waals surface area contributed by atoms with E-state index in [1.165, 1.54) is 25.5 Å². The number of hydrazone groups is 1. The number of ether oxygens (including phenoxy) is 2. The van der Waals surface area contributed by atoms with E-state index in [9.17, 15) is 13.2 Å². The number of halogens is 1. The lowest BCUT2D eigenvalue weighted by atomic mass is 10.1. The lowest BCUT2D eigenvalue weighted by Gasteiger charge is -2.25. The van der Waals surface area contributed by atoms with Crippen LogP contribution in [0.1, 0.15) is 22.3 Å². The van der Waals surface area contributed by atoms with Gasteiger partial charge in [0.1, 0.15) is 13.2 Å². The van der Waals surface area contributed by atoms with E-state index in [0.29, 0.717) is 33.8 Å². The fraction of sp³-hybridized carbons (Fsp3) is 0.214. The normalized spacial score (nSPS) is 11.3. The summed E-state index contributed by atoms with van der Waals surface area (Å²) >= 11 is 3.45. The lowest BCUT2D eigenvalue weighted by Crippen LogP contribution is -2.40. The Morgan fingerprint density at radius 3 is 2.39 bits per heavy atom. The molecule has 3 aromatic carbocycles. The first-order valence-electron chi connectivity index (χ1n) is 11.7. The van der Waals surface area contributed by atoms with E-state index in [0.717, 1.165) is 21.0 Å². The maximum absolute atomic E-state index is 13.6. The van der Waals surface area contributed by atoms with Crippen LogP contribution in [0.25, 0.3) is 0 Å². The fourth-order valence-corrected chi connectivity index (χ4v) is 5.72. The summed E-state index contributed by atoms with van der Waals surface area (Å²) in [6.45, 7) is 9.09. The molecule has 0 atom stereocenters. The number of anilines is 1. The summed E-state index contributed by atoms with van der Waals surface area (Å²) in [5, 5.41) is 4.02. The van der Waals surface area contributed by atoms with Crippen LogP contribution in [0.5, 0.6) is 11.5 Å². The molecule has 0 unspecified atom stereocenters. The van der Waals surface area contributed by atoms with E-state index < -0.39 is 22.5 Å². The summed E-state index contributed by atoms with van der Waals surface area (Å²) in [7, 11) is -2.51. The fourth-order valence-electron chi connectivity index (χ4n) is 3.66. The van der Waals surface area contributed by atoms with Gasteiger partial charge < -0.3 is 9.47 Å². The highest BCUT2D eigenvalue weighted by Crippen LogP contribution is 2.36. The van der Waals surface area contributed by atoms with Gasteiger partial charge in [0.25, 0.3) is 15.9 Å². The van der Waals surface area contributed by atoms with Gasteiger partial charge in [-0.05, 0) is 78.2 Å². The van der Waals surface area contributed by atoms with Gasteiger partial charge in [0.05, 0.1) is 28.4 Å². The minimum absolute atomic E-state index is 0.0927. The maximum Gasteiger partial charge on any atom is 0.264 e. The van der Waals surface area contributed by atoms with Gasteiger partial charge in [-0.3, -0.25) is 9.10 Å². The van der Waals surface area contributed by atoms with E-state index >= 15 is 0 Å². The first-order valence-corrected chi connectivity index (χ1v) is 13.9. The Bertz CT molecular complexity index is 1450. The number of rotatable bonds is 11. The quantitative estimate of drug-likeness (QED) is 0.183. The Hall–Kier alpha value is -3.63. The zero-order valence-corrected chi connectivity index (χ0v) is 24.1. The third-order valence-electron chi connectivity index (χ3n) is 5.52. The van der Waals surface area contributed by atoms with Crippen LogP contribution < -0.4 is 19.2 Å². The molecule has 0 heterocycles. The largest absolute Gasteiger partial charge is 0.493 e. The summed E-state index contributed by atoms with van der Waals surface area (Å²) in [6, 6.07) is 15.3. The zero-order valence-electron chi connectivity index (χ0n) is 21.7. The summed E-state index contributed by atoms with van der Waals surface area (Å²) < 4.78 is 39.9. The Labute approximate surface area is 232 Å². The molecule has 3 aromatic rings. The Morgan fingerprint density at radius 1 is 1.08 bits per heavy atom. The summed E-state index contributed by atoms with van der Waals surface area (Å²) in [4.78, 5) is 13.0. The number of benzene rings is 3. The van der Waals surface area contributed by atoms with Crippen molar-refractivity contribution in [1.82, 2.24) is 5.43 Å². The molecule has 0 aromatic heterocycles. The molecule has 8 nitrogen and oxygen atoms in total. The van der Waals surface area contributed by atoms with E-state index in [1.54, 1.807) is 36.4 Å². The van der Waals surface area contributed by atoms with Gasteiger partial charge in [0.15, 0.2) is 11.5 Å². The number of amides is 1. The predicted molar refractivity (Wildman–Crippen MR) is 154 cm³/mol. The Balaban J connectivity index is 1.85. The third kappa shape index (κ3) is 7.02. The number of aryl methyl sites for hydroxylation is 3. The molecule has 200 valence electrons. The third-order valence-corrected chi connectivity index (χ3v) is 7.88. The second-order valence-electron chi connectivity index (χ2n) is 8.54. The zero-order chi connectivity index (χ0) is 27.9. The maximum atomic E-state index is 13.6. The van der Waals surface area contributed by atoms with Crippen LogP contribution >= 0.6 is 15.9 Å². The first-order chi connectivity index (χ1) is 18.1. The summed E-state index contributed by atoms with van der Waals surface area (Å²) in [5.41, 5.74) is 6.10. The molecule has 1 amide bonds. The van der Waals surface area contributed by atoms with Crippen molar-refractivity contribution in [3.8, 4) is 11.5 Å². The molecule has 38 heavy (non-hydrogen) atoms. The molecule has 0 aliphatic carbocycles. The Kier molecular flexibility index (Phi) is 9.71. The second-order valence-corrected chi connectivity index (χ2v) is 11.3. The molecule has 0 spiro atoms. The lowest BCUT2D eigenvalue weighted by molar-refractivity contribution is -0.119. The van der Waals surface area contributed by atoms with Crippen molar-refractivity contribution in [3.63, 3.8) is 0 Å². The van der Waals surface area contributed by atoms with E-state index in [2.05, 4.69) is 33.0 Å². The number of nitrogens with zero attached hydrogens (tertiary/aromatic N) is 2. The highest BCUT2D eigenvalue weighted by atomic mass is 79.9. The number of methoxy groups -OCH3 is 1. The summed E-state index contributed by atoms with van der Waals surface area (Å²) in [5.74, 6) is 0.382. The SMILES string of the molecule is C=CCOc1c(Br)cc(/C=N\NC(=O)CN(c2ccc(C)cc2C)S(=O)(=O)c2ccc(C)cc2)cc1OC. The van der Waals surface area contributed by atoms with Crippen LogP contribution in [-0.4, -0.2) is 40.8 Å². The van der Waals surface area contributed by atoms with E-state index in [1.807, 2.05) is 32.9 Å². The summed E-state index contributed by atoms with van der Waals surface area (Å²) in [6.07, 6.45) is 3.05. The average Bonchev–Trinajstić information content (AvgIpc) is 2.87. The van der Waals surface area contributed by atoms with Crippen LogP contribution in [-0.2, 0) is 14.8 Å². The number of carbonyl (C=O) groups is 1. The molecule has 3 rings (SSSR count). The molecule has 0 bridgehead atoms. The van der Waals surface area contributed by atoms with Gasteiger partial charge in [0, 0.05) is 0 Å². The first kappa shape index (κ1) is 28.9. The Morgan fingerprint density at radius 2 is 1.76 bits per heavy atom. The molecule has 1 N–H and O–H groups in total. The molecule has 0 fully saturated rings. The molecular formula is C28H30BrN3O5S. The molecule has 0 saturated heterocycles. The van der Waals surface area contributed by atoms with Crippen molar-refractivity contribution in [2.75, 3.05) is 24.6 Å². The van der Waals surface area contributed by atoms with Crippen LogP contribution in [0.3, 0.4) is 0 Å². The van der Waals surface area contributed by atoms with Crippen LogP contribution in [0.2, 0.25) is 0 Å². The number of hydrogen-bond acceptors (Lipinski definition) is 6. The van der Waals surface area contributed by atoms with Gasteiger partial charge in [0.2, 0.25) is 0 Å². The van der Waals surface area contributed by atoms with E-state index in [-0.39, 0.29) is 4.90 Å². The van der Waals surface area contributed by atoms with Crippen molar-refractivity contribution in [3.05, 3.63) is 94.0 Å². The molecule has 10 heteroatoms. The number of carbonyl (C=O) groups excluding carboxylic acids is 1. The van der Waals surface area contributed by atoms with Crippen LogP contribution in [0.4, 0.5) is 5.69 Å². The van der Waals surface area contributed by atoms with Gasteiger partial charge in [-0.25, -0.2) is 13.8 Å². The van der Waals surface area contributed by atoms with Crippen molar-refractivity contribution in [2.24, 2.45) is 5.10 Å². The van der Waals surface area contributed by atoms with Crippen LogP contribution in [0, 0.1) is 20.8 Å². The monoisotopic (exact) mass is 599 g/mol. The molecule has 0 saturated carbocycles. The smallest absolute Gasteiger partial charge is 0.264 e. The highest BCUT2D eigenvalue weighted by molar-refractivity contribution is 9.10. The standard InChI is InChI=1S/C28H30BrN3O5S/c1-6-13-37-28-24(29)15-22(16-26(28)36-5)17-30-31-27(33)18-32(25-12-9-20(3)14-21(25)4)38(34,35)23-10-7-19(2)8-11-23/h6-12,14-17H,1,13,18H2,2-5H3,(H,31,33)/b30-17-. The van der Waals surface area contributed by atoms with Gasteiger partial charge in [-0.2, -0.15) is 5.10 Å². The van der Waals surface area contributed by atoms with Crippen molar-refractivity contribution >= 4 is 43.8 Å². The van der Waals surface area contributed by atoms with Gasteiger partial charge in [-0.1, -0.05) is 48.0 Å². The number of sulfonamides is 1. The van der Waals surface area contributed by atoms with Gasteiger partial charge in [-0.15, -0.1) is 0 Å². The highest BCUT2D eigenvalue weighted by Gasteiger charge is 2.28. The van der Waals surface area contributed by atoms with Crippen molar-refractivity contribution in [1.29, 1.82) is 0 Å². The molecule has 0 aliphatic rings. The van der Waals surface area contributed by atoms with Crippen molar-refractivity contribution < 1.29 is 22.7 Å². The van der Waals surface area contributed by atoms with Crippen LogP contribution in [0.15, 0.2) is 81.7 Å². The predicted octanol–water partition coefficient (Wildman–Crippen LogP) is 5.29. The number of hydrogen-bond donors (Lipinski definition) is 1.